The van der Waals surface area contributed by atoms with Crippen LogP contribution < -0.4 is 11.5 Å². The Kier molecular flexibility index (Phi) is 3.41. The molecule has 0 radical (unpaired) electrons. The summed E-state index contributed by atoms with van der Waals surface area (Å²) < 4.78 is 0.724. The molecule has 0 fully saturated rings. The maximum atomic E-state index is 11.5. The molecule has 0 bridgehead atoms. The predicted octanol–water partition coefficient (Wildman–Crippen LogP) is 3.24. The largest absolute Gasteiger partial charge is 0.383 e. The van der Waals surface area contributed by atoms with Crippen LogP contribution in [0.25, 0.3) is 26.1 Å². The summed E-state index contributed by atoms with van der Waals surface area (Å²) in [6.07, 6.45) is 1.40. The summed E-state index contributed by atoms with van der Waals surface area (Å²) in [5.41, 5.74) is 13.0. The number of aromatic nitrogens is 1. The molecule has 4 N–H and O–H groups in total. The van der Waals surface area contributed by atoms with Crippen molar-refractivity contribution in [2.45, 2.75) is 0 Å². The van der Waals surface area contributed by atoms with Crippen LogP contribution in [0.15, 0.2) is 30.3 Å². The van der Waals surface area contributed by atoms with Crippen LogP contribution in [-0.4, -0.2) is 10.9 Å². The molecule has 0 aromatic carbocycles. The third kappa shape index (κ3) is 2.24. The number of carbonyl (C=O) groups is 1. The second-order valence-corrected chi connectivity index (χ2v) is 6.53. The Hall–Kier alpha value is -2.69. The van der Waals surface area contributed by atoms with Crippen molar-refractivity contribution in [3.05, 3.63) is 40.7 Å². The Labute approximate surface area is 134 Å². The predicted molar refractivity (Wildman–Crippen MR) is 90.5 cm³/mol. The number of primary amides is 1. The monoisotopic (exact) mass is 326 g/mol. The third-order valence-corrected chi connectivity index (χ3v) is 5.37. The minimum Gasteiger partial charge on any atom is -0.383 e. The van der Waals surface area contributed by atoms with Crippen LogP contribution >= 0.6 is 22.7 Å². The van der Waals surface area contributed by atoms with E-state index in [-0.39, 0.29) is 0 Å². The standard InChI is InChI=1S/C15H10N4OS2/c1-7(4-16)11-2-8(6-21-11)12-3-9-13(22-12)10(15(18)20)5-19-14(9)17/h2-3,5-6H,1H2,(H2,17,19)(H2,18,20). The summed E-state index contributed by atoms with van der Waals surface area (Å²) in [6.45, 7) is 3.71. The first kappa shape index (κ1) is 14.3. The van der Waals surface area contributed by atoms with E-state index >= 15 is 0 Å². The Morgan fingerprint density at radius 2 is 2.18 bits per heavy atom. The molecular formula is C15H10N4OS2. The van der Waals surface area contributed by atoms with Gasteiger partial charge in [-0.05, 0) is 12.1 Å². The number of carbonyl (C=O) groups excluding carboxylic acids is 1. The highest BCUT2D eigenvalue weighted by atomic mass is 32.1. The van der Waals surface area contributed by atoms with E-state index in [4.69, 9.17) is 16.7 Å². The molecule has 5 nitrogen and oxygen atoms in total. The maximum Gasteiger partial charge on any atom is 0.251 e. The fourth-order valence-corrected chi connectivity index (χ4v) is 4.12. The van der Waals surface area contributed by atoms with Gasteiger partial charge in [-0.3, -0.25) is 4.79 Å². The van der Waals surface area contributed by atoms with E-state index in [1.165, 1.54) is 28.9 Å². The smallest absolute Gasteiger partial charge is 0.251 e. The SMILES string of the molecule is C=C(C#N)c1cc(-c2cc3c(N)ncc(C(N)=O)c3s2)cs1. The number of nitrogen functional groups attached to an aromatic ring is 1. The van der Waals surface area contributed by atoms with Gasteiger partial charge >= 0.3 is 0 Å². The molecule has 3 heterocycles. The van der Waals surface area contributed by atoms with E-state index < -0.39 is 5.91 Å². The van der Waals surface area contributed by atoms with Gasteiger partial charge in [0.2, 0.25) is 0 Å². The van der Waals surface area contributed by atoms with E-state index in [1.54, 1.807) is 0 Å². The summed E-state index contributed by atoms with van der Waals surface area (Å²) >= 11 is 2.87. The minimum absolute atomic E-state index is 0.359. The van der Waals surface area contributed by atoms with Crippen molar-refractivity contribution in [1.82, 2.24) is 4.98 Å². The summed E-state index contributed by atoms with van der Waals surface area (Å²) in [6, 6.07) is 5.82. The molecule has 0 unspecified atom stereocenters. The Morgan fingerprint density at radius 3 is 2.86 bits per heavy atom. The second kappa shape index (κ2) is 5.26. The highest BCUT2D eigenvalue weighted by Crippen LogP contribution is 2.39. The van der Waals surface area contributed by atoms with Crippen molar-refractivity contribution in [2.75, 3.05) is 5.73 Å². The normalized spacial score (nSPS) is 10.5. The van der Waals surface area contributed by atoms with Gasteiger partial charge in [0.05, 0.1) is 21.9 Å². The first-order valence-corrected chi connectivity index (χ1v) is 7.87. The molecule has 0 spiro atoms. The zero-order valence-corrected chi connectivity index (χ0v) is 12.9. The number of nitrogens with zero attached hydrogens (tertiary/aromatic N) is 2. The number of pyridine rings is 1. The Morgan fingerprint density at radius 1 is 1.41 bits per heavy atom. The molecule has 0 saturated carbocycles. The van der Waals surface area contributed by atoms with Crippen LogP contribution in [0, 0.1) is 11.3 Å². The Balaban J connectivity index is 2.17. The van der Waals surface area contributed by atoms with Crippen molar-refractivity contribution >= 4 is 50.1 Å². The van der Waals surface area contributed by atoms with Gasteiger partial charge < -0.3 is 11.5 Å². The molecule has 108 valence electrons. The van der Waals surface area contributed by atoms with Gasteiger partial charge in [-0.1, -0.05) is 6.58 Å². The summed E-state index contributed by atoms with van der Waals surface area (Å²) in [4.78, 5) is 17.3. The number of amides is 1. The molecule has 7 heteroatoms. The first-order valence-electron chi connectivity index (χ1n) is 6.17. The average Bonchev–Trinajstić information content (AvgIpc) is 3.13. The van der Waals surface area contributed by atoms with Crippen LogP contribution in [0.5, 0.6) is 0 Å². The summed E-state index contributed by atoms with van der Waals surface area (Å²) in [5.74, 6) is -0.172. The molecule has 3 rings (SSSR count). The lowest BCUT2D eigenvalue weighted by Crippen LogP contribution is -2.11. The number of thiophene rings is 2. The molecule has 0 aliphatic heterocycles. The molecule has 1 amide bonds. The van der Waals surface area contributed by atoms with E-state index in [0.29, 0.717) is 22.3 Å². The van der Waals surface area contributed by atoms with Crippen molar-refractivity contribution < 1.29 is 4.79 Å². The number of allylic oxidation sites excluding steroid dienone is 1. The topological polar surface area (TPSA) is 106 Å². The number of hydrogen-bond donors (Lipinski definition) is 2. The van der Waals surface area contributed by atoms with Gasteiger partial charge in [-0.2, -0.15) is 5.26 Å². The zero-order chi connectivity index (χ0) is 15.9. The lowest BCUT2D eigenvalue weighted by molar-refractivity contribution is 0.100. The van der Waals surface area contributed by atoms with Crippen molar-refractivity contribution in [1.29, 1.82) is 5.26 Å². The van der Waals surface area contributed by atoms with E-state index in [2.05, 4.69) is 11.6 Å². The average molecular weight is 326 g/mol. The number of rotatable bonds is 3. The van der Waals surface area contributed by atoms with E-state index in [0.717, 1.165) is 20.0 Å². The Bertz CT molecular complexity index is 962. The van der Waals surface area contributed by atoms with Crippen LogP contribution in [0.2, 0.25) is 0 Å². The van der Waals surface area contributed by atoms with Crippen LogP contribution in [0.1, 0.15) is 15.2 Å². The van der Waals surface area contributed by atoms with E-state index in [9.17, 15) is 4.79 Å². The van der Waals surface area contributed by atoms with Crippen LogP contribution in [-0.2, 0) is 0 Å². The van der Waals surface area contributed by atoms with Gasteiger partial charge in [0.25, 0.3) is 5.91 Å². The molecule has 3 aromatic rings. The number of fused-ring (bicyclic) bond motifs is 1. The number of anilines is 1. The maximum absolute atomic E-state index is 11.5. The molecule has 0 atom stereocenters. The van der Waals surface area contributed by atoms with E-state index in [1.807, 2.05) is 23.6 Å². The molecule has 3 aromatic heterocycles. The zero-order valence-electron chi connectivity index (χ0n) is 11.3. The van der Waals surface area contributed by atoms with Crippen LogP contribution in [0.3, 0.4) is 0 Å². The van der Waals surface area contributed by atoms with Crippen molar-refractivity contribution in [3.63, 3.8) is 0 Å². The molecule has 0 aliphatic rings. The molecule has 0 aliphatic carbocycles. The lowest BCUT2D eigenvalue weighted by Gasteiger charge is -1.99. The third-order valence-electron chi connectivity index (χ3n) is 3.17. The lowest BCUT2D eigenvalue weighted by atomic mass is 10.1. The summed E-state index contributed by atoms with van der Waals surface area (Å²) in [5, 5.41) is 11.6. The van der Waals surface area contributed by atoms with Gasteiger partial charge in [-0.15, -0.1) is 22.7 Å². The quantitative estimate of drug-likeness (QED) is 0.720. The first-order chi connectivity index (χ1) is 10.5. The van der Waals surface area contributed by atoms with Crippen molar-refractivity contribution in [2.24, 2.45) is 5.73 Å². The molecule has 22 heavy (non-hydrogen) atoms. The minimum atomic E-state index is -0.533. The van der Waals surface area contributed by atoms with Gasteiger partial charge in [0.1, 0.15) is 5.82 Å². The van der Waals surface area contributed by atoms with Gasteiger partial charge in [0, 0.05) is 32.3 Å². The summed E-state index contributed by atoms with van der Waals surface area (Å²) in [7, 11) is 0. The number of nitriles is 1. The fraction of sp³-hybridized carbons (Fsp3) is 0. The van der Waals surface area contributed by atoms with Crippen LogP contribution in [0.4, 0.5) is 5.82 Å². The molecule has 0 saturated heterocycles. The highest BCUT2D eigenvalue weighted by molar-refractivity contribution is 7.23. The molecular weight excluding hydrogens is 316 g/mol. The van der Waals surface area contributed by atoms with Crippen molar-refractivity contribution in [3.8, 4) is 16.5 Å². The second-order valence-electron chi connectivity index (χ2n) is 4.56. The number of hydrogen-bond acceptors (Lipinski definition) is 6. The fourth-order valence-electron chi connectivity index (χ4n) is 2.04. The highest BCUT2D eigenvalue weighted by Gasteiger charge is 2.15. The van der Waals surface area contributed by atoms with Gasteiger partial charge in [0.15, 0.2) is 0 Å². The van der Waals surface area contributed by atoms with Gasteiger partial charge in [-0.25, -0.2) is 4.98 Å². The number of nitrogens with two attached hydrogens (primary N) is 2.